The number of rotatable bonds is 3. The van der Waals surface area contributed by atoms with Crippen molar-refractivity contribution in [3.05, 3.63) is 30.1 Å². The first kappa shape index (κ1) is 11.6. The standard InChI is InChI=1S/C13H20N2O/c1-14-13(12-4-2-3-9-15-12)10-5-7-11(16)8-6-10/h2-4,9-11,13-14,16H,5-8H2,1H3. The van der Waals surface area contributed by atoms with Gasteiger partial charge in [-0.2, -0.15) is 0 Å². The van der Waals surface area contributed by atoms with Crippen molar-refractivity contribution in [2.45, 2.75) is 37.8 Å². The second-order valence-corrected chi connectivity index (χ2v) is 4.59. The molecule has 3 heteroatoms. The quantitative estimate of drug-likeness (QED) is 0.817. The molecule has 0 saturated heterocycles. The Morgan fingerprint density at radius 3 is 2.62 bits per heavy atom. The maximum absolute atomic E-state index is 9.52. The first-order valence-electron chi connectivity index (χ1n) is 6.07. The highest BCUT2D eigenvalue weighted by molar-refractivity contribution is 5.10. The number of aromatic nitrogens is 1. The number of hydrogen-bond acceptors (Lipinski definition) is 3. The van der Waals surface area contributed by atoms with Gasteiger partial charge >= 0.3 is 0 Å². The summed E-state index contributed by atoms with van der Waals surface area (Å²) in [7, 11) is 1.99. The van der Waals surface area contributed by atoms with Crippen molar-refractivity contribution >= 4 is 0 Å². The second kappa shape index (κ2) is 5.41. The summed E-state index contributed by atoms with van der Waals surface area (Å²) < 4.78 is 0. The van der Waals surface area contributed by atoms with E-state index >= 15 is 0 Å². The van der Waals surface area contributed by atoms with Gasteiger partial charge < -0.3 is 10.4 Å². The van der Waals surface area contributed by atoms with Gasteiger partial charge in [0.15, 0.2) is 0 Å². The molecule has 0 radical (unpaired) electrons. The molecule has 0 aromatic carbocycles. The topological polar surface area (TPSA) is 45.2 Å². The molecular formula is C13H20N2O. The average Bonchev–Trinajstić information content (AvgIpc) is 2.34. The highest BCUT2D eigenvalue weighted by atomic mass is 16.3. The van der Waals surface area contributed by atoms with Crippen LogP contribution in [-0.2, 0) is 0 Å². The van der Waals surface area contributed by atoms with Crippen LogP contribution in [0.25, 0.3) is 0 Å². The van der Waals surface area contributed by atoms with Crippen LogP contribution in [0, 0.1) is 5.92 Å². The third-order valence-corrected chi connectivity index (χ3v) is 3.53. The average molecular weight is 220 g/mol. The van der Waals surface area contributed by atoms with Crippen LogP contribution in [0.1, 0.15) is 37.4 Å². The molecule has 0 aliphatic heterocycles. The Hall–Kier alpha value is -0.930. The number of aliphatic hydroxyl groups excluding tert-OH is 1. The van der Waals surface area contributed by atoms with Crippen molar-refractivity contribution in [1.29, 1.82) is 0 Å². The van der Waals surface area contributed by atoms with E-state index in [1.165, 1.54) is 0 Å². The van der Waals surface area contributed by atoms with Gasteiger partial charge in [-0.15, -0.1) is 0 Å². The fourth-order valence-electron chi connectivity index (χ4n) is 2.62. The Kier molecular flexibility index (Phi) is 3.91. The van der Waals surface area contributed by atoms with E-state index in [0.717, 1.165) is 31.4 Å². The van der Waals surface area contributed by atoms with Crippen LogP contribution in [0.15, 0.2) is 24.4 Å². The van der Waals surface area contributed by atoms with E-state index in [4.69, 9.17) is 0 Å². The minimum absolute atomic E-state index is 0.0857. The summed E-state index contributed by atoms with van der Waals surface area (Å²) in [6.45, 7) is 0. The molecule has 16 heavy (non-hydrogen) atoms. The van der Waals surface area contributed by atoms with E-state index in [9.17, 15) is 5.11 Å². The number of nitrogens with one attached hydrogen (secondary N) is 1. The lowest BCUT2D eigenvalue weighted by atomic mass is 9.81. The zero-order valence-corrected chi connectivity index (χ0v) is 9.76. The summed E-state index contributed by atoms with van der Waals surface area (Å²) >= 11 is 0. The lowest BCUT2D eigenvalue weighted by Gasteiger charge is -2.31. The second-order valence-electron chi connectivity index (χ2n) is 4.59. The van der Waals surface area contributed by atoms with E-state index < -0.39 is 0 Å². The monoisotopic (exact) mass is 220 g/mol. The summed E-state index contributed by atoms with van der Waals surface area (Å²) in [6, 6.07) is 6.38. The highest BCUT2D eigenvalue weighted by Crippen LogP contribution is 2.33. The smallest absolute Gasteiger partial charge is 0.0575 e. The normalized spacial score (nSPS) is 27.6. The third kappa shape index (κ3) is 2.60. The van der Waals surface area contributed by atoms with Crippen molar-refractivity contribution in [2.75, 3.05) is 7.05 Å². The third-order valence-electron chi connectivity index (χ3n) is 3.53. The number of pyridine rings is 1. The minimum Gasteiger partial charge on any atom is -0.393 e. The Balaban J connectivity index is 2.05. The highest BCUT2D eigenvalue weighted by Gasteiger charge is 2.27. The molecule has 0 spiro atoms. The van der Waals surface area contributed by atoms with Gasteiger partial charge in [0.05, 0.1) is 17.8 Å². The SMILES string of the molecule is CNC(c1ccccn1)C1CCC(O)CC1. The first-order valence-corrected chi connectivity index (χ1v) is 6.07. The Bertz CT molecular complexity index is 307. The lowest BCUT2D eigenvalue weighted by Crippen LogP contribution is -2.30. The van der Waals surface area contributed by atoms with Crippen molar-refractivity contribution in [1.82, 2.24) is 10.3 Å². The minimum atomic E-state index is -0.0857. The predicted octanol–water partition coefficient (Wildman–Crippen LogP) is 1.89. The molecule has 0 amide bonds. The number of nitrogens with zero attached hydrogens (tertiary/aromatic N) is 1. The van der Waals surface area contributed by atoms with Crippen LogP contribution in [0.2, 0.25) is 0 Å². The molecule has 2 rings (SSSR count). The van der Waals surface area contributed by atoms with Crippen LogP contribution in [0.4, 0.5) is 0 Å². The molecule has 88 valence electrons. The Morgan fingerprint density at radius 1 is 1.31 bits per heavy atom. The van der Waals surface area contributed by atoms with Gasteiger partial charge in [0.25, 0.3) is 0 Å². The summed E-state index contributed by atoms with van der Waals surface area (Å²) in [4.78, 5) is 4.42. The van der Waals surface area contributed by atoms with Gasteiger partial charge in [-0.1, -0.05) is 6.07 Å². The van der Waals surface area contributed by atoms with Crippen LogP contribution in [0.3, 0.4) is 0 Å². The van der Waals surface area contributed by atoms with Gasteiger partial charge in [-0.25, -0.2) is 0 Å². The molecule has 1 aliphatic carbocycles. The molecule has 1 aromatic heterocycles. The molecule has 1 heterocycles. The summed E-state index contributed by atoms with van der Waals surface area (Å²) in [6.07, 6.45) is 5.78. The maximum Gasteiger partial charge on any atom is 0.0575 e. The van der Waals surface area contributed by atoms with Crippen molar-refractivity contribution in [3.63, 3.8) is 0 Å². The van der Waals surface area contributed by atoms with Crippen LogP contribution in [-0.4, -0.2) is 23.2 Å². The maximum atomic E-state index is 9.52. The molecule has 1 aliphatic rings. The summed E-state index contributed by atoms with van der Waals surface area (Å²) in [5.74, 6) is 0.600. The van der Waals surface area contributed by atoms with E-state index in [0.29, 0.717) is 12.0 Å². The lowest BCUT2D eigenvalue weighted by molar-refractivity contribution is 0.0976. The molecule has 2 N–H and O–H groups in total. The molecule has 0 bridgehead atoms. The van der Waals surface area contributed by atoms with Crippen LogP contribution in [0.5, 0.6) is 0 Å². The predicted molar refractivity (Wildman–Crippen MR) is 64.0 cm³/mol. The molecule has 1 fully saturated rings. The van der Waals surface area contributed by atoms with Gasteiger partial charge in [-0.05, 0) is 50.8 Å². The zero-order chi connectivity index (χ0) is 11.4. The van der Waals surface area contributed by atoms with Gasteiger partial charge in [0.1, 0.15) is 0 Å². The van der Waals surface area contributed by atoms with Gasteiger partial charge in [0.2, 0.25) is 0 Å². The largest absolute Gasteiger partial charge is 0.393 e. The van der Waals surface area contributed by atoms with E-state index in [1.807, 2.05) is 25.4 Å². The molecule has 1 atom stereocenters. The molecule has 1 unspecified atom stereocenters. The Morgan fingerprint density at radius 2 is 2.06 bits per heavy atom. The molecule has 1 aromatic rings. The summed E-state index contributed by atoms with van der Waals surface area (Å²) in [5, 5.41) is 12.9. The van der Waals surface area contributed by atoms with Crippen molar-refractivity contribution in [3.8, 4) is 0 Å². The molecular weight excluding hydrogens is 200 g/mol. The van der Waals surface area contributed by atoms with E-state index in [-0.39, 0.29) is 6.10 Å². The van der Waals surface area contributed by atoms with Crippen LogP contribution < -0.4 is 5.32 Å². The van der Waals surface area contributed by atoms with E-state index in [2.05, 4.69) is 16.4 Å². The first-order chi connectivity index (χ1) is 7.81. The van der Waals surface area contributed by atoms with E-state index in [1.54, 1.807) is 0 Å². The molecule has 1 saturated carbocycles. The van der Waals surface area contributed by atoms with Crippen molar-refractivity contribution in [2.24, 2.45) is 5.92 Å². The Labute approximate surface area is 96.9 Å². The number of aliphatic hydroxyl groups is 1. The van der Waals surface area contributed by atoms with Gasteiger partial charge in [0, 0.05) is 6.20 Å². The van der Waals surface area contributed by atoms with Crippen LogP contribution >= 0.6 is 0 Å². The summed E-state index contributed by atoms with van der Waals surface area (Å²) in [5.41, 5.74) is 1.12. The number of hydrogen-bond donors (Lipinski definition) is 2. The fraction of sp³-hybridized carbons (Fsp3) is 0.615. The zero-order valence-electron chi connectivity index (χ0n) is 9.76. The van der Waals surface area contributed by atoms with Gasteiger partial charge in [-0.3, -0.25) is 4.98 Å². The van der Waals surface area contributed by atoms with Crippen molar-refractivity contribution < 1.29 is 5.11 Å². The molecule has 3 nitrogen and oxygen atoms in total. The fourth-order valence-corrected chi connectivity index (χ4v) is 2.62.